The molecule has 0 radical (unpaired) electrons. The molecular weight excluding hydrogens is 234 g/mol. The predicted octanol–water partition coefficient (Wildman–Crippen LogP) is 2.59. The van der Waals surface area contributed by atoms with Crippen molar-refractivity contribution >= 4 is 17.7 Å². The second kappa shape index (κ2) is 7.98. The number of thioether (sulfide) groups is 1. The summed E-state index contributed by atoms with van der Waals surface area (Å²) < 4.78 is 4.87. The van der Waals surface area contributed by atoms with Crippen LogP contribution in [0.15, 0.2) is 0 Å². The molecule has 0 bridgehead atoms. The molecule has 1 fully saturated rings. The molecule has 0 saturated heterocycles. The summed E-state index contributed by atoms with van der Waals surface area (Å²) >= 11 is 1.94. The molecule has 0 spiro atoms. The minimum Gasteiger partial charge on any atom is -0.468 e. The zero-order valence-electron chi connectivity index (χ0n) is 11.2. The summed E-state index contributed by atoms with van der Waals surface area (Å²) in [6.07, 6.45) is 8.89. The van der Waals surface area contributed by atoms with Gasteiger partial charge in [-0.25, -0.2) is 0 Å². The molecule has 100 valence electrons. The Kier molecular flexibility index (Phi) is 6.97. The van der Waals surface area contributed by atoms with Crippen LogP contribution in [0.5, 0.6) is 0 Å². The fourth-order valence-corrected chi connectivity index (χ4v) is 3.21. The highest BCUT2D eigenvalue weighted by molar-refractivity contribution is 7.99. The third-order valence-corrected chi connectivity index (χ3v) is 4.58. The summed E-state index contributed by atoms with van der Waals surface area (Å²) in [5.74, 6) is -0.106. The highest BCUT2D eigenvalue weighted by Crippen LogP contribution is 2.28. The van der Waals surface area contributed by atoms with Gasteiger partial charge in [-0.05, 0) is 31.9 Å². The van der Waals surface area contributed by atoms with E-state index in [1.807, 2.05) is 11.8 Å². The van der Waals surface area contributed by atoms with Crippen LogP contribution in [-0.2, 0) is 9.53 Å². The molecule has 0 heterocycles. The lowest BCUT2D eigenvalue weighted by molar-refractivity contribution is -0.143. The molecule has 1 N–H and O–H groups in total. The average Bonchev–Trinajstić information content (AvgIpc) is 2.81. The van der Waals surface area contributed by atoms with Crippen molar-refractivity contribution in [2.75, 3.05) is 13.4 Å². The SMILES string of the molecule is CCCCC(NC1CCC(SC)C1)C(=O)OC. The molecule has 3 unspecified atom stereocenters. The van der Waals surface area contributed by atoms with E-state index in [1.54, 1.807) is 0 Å². The summed E-state index contributed by atoms with van der Waals surface area (Å²) in [6, 6.07) is 0.388. The van der Waals surface area contributed by atoms with Crippen LogP contribution in [0.25, 0.3) is 0 Å². The first kappa shape index (κ1) is 14.8. The molecule has 1 rings (SSSR count). The van der Waals surface area contributed by atoms with Crippen molar-refractivity contribution in [2.24, 2.45) is 0 Å². The normalized spacial score (nSPS) is 25.8. The van der Waals surface area contributed by atoms with E-state index in [1.165, 1.54) is 26.4 Å². The van der Waals surface area contributed by atoms with E-state index in [-0.39, 0.29) is 12.0 Å². The van der Waals surface area contributed by atoms with E-state index in [4.69, 9.17) is 4.74 Å². The second-order valence-corrected chi connectivity index (χ2v) is 5.89. The van der Waals surface area contributed by atoms with Crippen molar-refractivity contribution in [3.8, 4) is 0 Å². The van der Waals surface area contributed by atoms with Gasteiger partial charge in [0.2, 0.25) is 0 Å². The van der Waals surface area contributed by atoms with Gasteiger partial charge in [-0.15, -0.1) is 0 Å². The first-order valence-corrected chi connectivity index (χ1v) is 7.86. The van der Waals surface area contributed by atoms with Crippen LogP contribution in [0, 0.1) is 0 Å². The van der Waals surface area contributed by atoms with Gasteiger partial charge in [-0.1, -0.05) is 19.8 Å². The van der Waals surface area contributed by atoms with Gasteiger partial charge >= 0.3 is 5.97 Å². The van der Waals surface area contributed by atoms with Gasteiger partial charge in [-0.3, -0.25) is 4.79 Å². The molecule has 0 amide bonds. The van der Waals surface area contributed by atoms with Crippen LogP contribution in [0.3, 0.4) is 0 Å². The minimum absolute atomic E-state index is 0.106. The third kappa shape index (κ3) is 4.88. The van der Waals surface area contributed by atoms with Crippen molar-refractivity contribution in [2.45, 2.75) is 62.8 Å². The zero-order valence-corrected chi connectivity index (χ0v) is 12.0. The van der Waals surface area contributed by atoms with Crippen LogP contribution < -0.4 is 5.32 Å². The summed E-state index contributed by atoms with van der Waals surface area (Å²) in [4.78, 5) is 11.7. The van der Waals surface area contributed by atoms with Gasteiger partial charge in [-0.2, -0.15) is 11.8 Å². The van der Waals surface area contributed by atoms with Crippen LogP contribution in [0.2, 0.25) is 0 Å². The molecule has 0 aliphatic heterocycles. The summed E-state index contributed by atoms with van der Waals surface area (Å²) in [7, 11) is 1.47. The molecule has 17 heavy (non-hydrogen) atoms. The van der Waals surface area contributed by atoms with E-state index >= 15 is 0 Å². The van der Waals surface area contributed by atoms with Crippen LogP contribution in [-0.4, -0.2) is 36.7 Å². The van der Waals surface area contributed by atoms with E-state index in [0.29, 0.717) is 6.04 Å². The molecule has 3 nitrogen and oxygen atoms in total. The Morgan fingerprint density at radius 3 is 2.82 bits per heavy atom. The van der Waals surface area contributed by atoms with Crippen molar-refractivity contribution in [1.29, 1.82) is 0 Å². The lowest BCUT2D eigenvalue weighted by Gasteiger charge is -2.21. The van der Waals surface area contributed by atoms with Gasteiger partial charge in [0.25, 0.3) is 0 Å². The lowest BCUT2D eigenvalue weighted by atomic mass is 10.1. The number of methoxy groups -OCH3 is 1. The molecular formula is C13H25NO2S. The highest BCUT2D eigenvalue weighted by atomic mass is 32.2. The quantitative estimate of drug-likeness (QED) is 0.713. The Balaban J connectivity index is 2.40. The van der Waals surface area contributed by atoms with Crippen LogP contribution in [0.1, 0.15) is 45.4 Å². The maximum absolute atomic E-state index is 11.7. The Morgan fingerprint density at radius 1 is 1.53 bits per heavy atom. The van der Waals surface area contributed by atoms with Gasteiger partial charge in [0.1, 0.15) is 6.04 Å². The number of unbranched alkanes of at least 4 members (excludes halogenated alkanes) is 1. The monoisotopic (exact) mass is 259 g/mol. The first-order valence-electron chi connectivity index (χ1n) is 6.57. The number of ether oxygens (including phenoxy) is 1. The number of carbonyl (C=O) groups excluding carboxylic acids is 1. The topological polar surface area (TPSA) is 38.3 Å². The molecule has 1 aliphatic carbocycles. The molecule has 4 heteroatoms. The van der Waals surface area contributed by atoms with Gasteiger partial charge < -0.3 is 10.1 Å². The molecule has 1 saturated carbocycles. The second-order valence-electron chi connectivity index (χ2n) is 4.75. The average molecular weight is 259 g/mol. The smallest absolute Gasteiger partial charge is 0.322 e. The van der Waals surface area contributed by atoms with Crippen molar-refractivity contribution < 1.29 is 9.53 Å². The van der Waals surface area contributed by atoms with Crippen molar-refractivity contribution in [3.63, 3.8) is 0 Å². The van der Waals surface area contributed by atoms with E-state index in [9.17, 15) is 4.79 Å². The molecule has 3 atom stereocenters. The van der Waals surface area contributed by atoms with E-state index in [2.05, 4.69) is 18.5 Å². The highest BCUT2D eigenvalue weighted by Gasteiger charge is 2.28. The number of carbonyl (C=O) groups is 1. The maximum Gasteiger partial charge on any atom is 0.322 e. The van der Waals surface area contributed by atoms with E-state index < -0.39 is 0 Å². The summed E-state index contributed by atoms with van der Waals surface area (Å²) in [6.45, 7) is 2.15. The zero-order chi connectivity index (χ0) is 12.7. The number of hydrogen-bond acceptors (Lipinski definition) is 4. The summed E-state index contributed by atoms with van der Waals surface area (Å²) in [5, 5.41) is 4.24. The number of nitrogens with one attached hydrogen (secondary N) is 1. The summed E-state index contributed by atoms with van der Waals surface area (Å²) in [5.41, 5.74) is 0. The first-order chi connectivity index (χ1) is 8.21. The van der Waals surface area contributed by atoms with Crippen molar-refractivity contribution in [1.82, 2.24) is 5.32 Å². The Hall–Kier alpha value is -0.220. The largest absolute Gasteiger partial charge is 0.468 e. The molecule has 0 aromatic rings. The Bertz CT molecular complexity index is 235. The maximum atomic E-state index is 11.7. The van der Waals surface area contributed by atoms with Crippen molar-refractivity contribution in [3.05, 3.63) is 0 Å². The Morgan fingerprint density at radius 2 is 2.29 bits per heavy atom. The van der Waals surface area contributed by atoms with Crippen LogP contribution in [0.4, 0.5) is 0 Å². The number of esters is 1. The van der Waals surface area contributed by atoms with E-state index in [0.717, 1.165) is 24.5 Å². The third-order valence-electron chi connectivity index (χ3n) is 3.49. The molecule has 0 aromatic carbocycles. The fraction of sp³-hybridized carbons (Fsp3) is 0.923. The lowest BCUT2D eigenvalue weighted by Crippen LogP contribution is -2.43. The minimum atomic E-state index is -0.106. The van der Waals surface area contributed by atoms with Gasteiger partial charge in [0.05, 0.1) is 7.11 Å². The van der Waals surface area contributed by atoms with Gasteiger partial charge in [0, 0.05) is 11.3 Å². The number of hydrogen-bond donors (Lipinski definition) is 1. The van der Waals surface area contributed by atoms with Gasteiger partial charge in [0.15, 0.2) is 0 Å². The fourth-order valence-electron chi connectivity index (χ4n) is 2.41. The standard InChI is InChI=1S/C13H25NO2S/c1-4-5-6-12(13(15)16-2)14-10-7-8-11(9-10)17-3/h10-12,14H,4-9H2,1-3H3. The Labute approximate surface area is 109 Å². The van der Waals surface area contributed by atoms with Crippen LogP contribution >= 0.6 is 11.8 Å². The molecule has 0 aromatic heterocycles. The number of rotatable bonds is 7. The molecule has 1 aliphatic rings. The predicted molar refractivity (Wildman–Crippen MR) is 73.4 cm³/mol.